The largest absolute Gasteiger partial charge is 0.494 e. The van der Waals surface area contributed by atoms with E-state index in [2.05, 4.69) is 6.92 Å². The molecule has 0 amide bonds. The van der Waals surface area contributed by atoms with Gasteiger partial charge in [0.25, 0.3) is 0 Å². The molecule has 35 heavy (non-hydrogen) atoms. The molecule has 0 bridgehead atoms. The molecule has 0 aliphatic carbocycles. The molecular formula is C29H31ClO5. The van der Waals surface area contributed by atoms with E-state index in [1.54, 1.807) is 72.8 Å². The van der Waals surface area contributed by atoms with Crippen molar-refractivity contribution >= 4 is 23.5 Å². The van der Waals surface area contributed by atoms with Crippen molar-refractivity contribution in [3.05, 3.63) is 94.5 Å². The van der Waals surface area contributed by atoms with Gasteiger partial charge in [0.2, 0.25) is 0 Å². The predicted octanol–water partition coefficient (Wildman–Crippen LogP) is 7.66. The van der Waals surface area contributed by atoms with Crippen LogP contribution in [0, 0.1) is 0 Å². The lowest BCUT2D eigenvalue weighted by Gasteiger charge is -2.08. The first-order chi connectivity index (χ1) is 17.0. The number of halogens is 1. The van der Waals surface area contributed by atoms with Crippen molar-refractivity contribution in [2.75, 3.05) is 6.61 Å². The van der Waals surface area contributed by atoms with E-state index < -0.39 is 11.9 Å². The Morgan fingerprint density at radius 3 is 1.91 bits per heavy atom. The van der Waals surface area contributed by atoms with Crippen molar-refractivity contribution in [1.82, 2.24) is 0 Å². The molecule has 0 unspecified atom stereocenters. The van der Waals surface area contributed by atoms with E-state index >= 15 is 0 Å². The standard InChI is InChI=1S/C29H31ClO5/c1-2-3-4-5-6-7-20-33-26-16-10-24(11-17-26)29(32)35-27-18-12-23(13-19-27)28(31)34-21-22-8-14-25(30)15-9-22/h8-19H,2-7,20-21H2,1H3. The van der Waals surface area contributed by atoms with E-state index in [0.717, 1.165) is 17.7 Å². The van der Waals surface area contributed by atoms with Crippen LogP contribution in [0.15, 0.2) is 72.8 Å². The van der Waals surface area contributed by atoms with E-state index in [4.69, 9.17) is 25.8 Å². The first-order valence-electron chi connectivity index (χ1n) is 12.0. The lowest BCUT2D eigenvalue weighted by Crippen LogP contribution is -2.09. The molecule has 0 aliphatic rings. The second-order valence-electron chi connectivity index (χ2n) is 8.26. The number of benzene rings is 3. The summed E-state index contributed by atoms with van der Waals surface area (Å²) >= 11 is 5.86. The summed E-state index contributed by atoms with van der Waals surface area (Å²) in [6.07, 6.45) is 7.26. The fourth-order valence-electron chi connectivity index (χ4n) is 3.40. The summed E-state index contributed by atoms with van der Waals surface area (Å²) in [5.74, 6) is 0.129. The summed E-state index contributed by atoms with van der Waals surface area (Å²) in [5.41, 5.74) is 1.63. The van der Waals surface area contributed by atoms with E-state index in [-0.39, 0.29) is 6.61 Å². The van der Waals surface area contributed by atoms with Crippen molar-refractivity contribution in [1.29, 1.82) is 0 Å². The number of hydrogen-bond acceptors (Lipinski definition) is 5. The van der Waals surface area contributed by atoms with Crippen LogP contribution in [0.1, 0.15) is 71.7 Å². The summed E-state index contributed by atoms with van der Waals surface area (Å²) in [7, 11) is 0. The van der Waals surface area contributed by atoms with Gasteiger partial charge in [-0.2, -0.15) is 0 Å². The molecule has 0 radical (unpaired) electrons. The minimum atomic E-state index is -0.481. The van der Waals surface area contributed by atoms with Gasteiger partial charge in [-0.1, -0.05) is 62.8 Å². The fraction of sp³-hybridized carbons (Fsp3) is 0.310. The number of unbranched alkanes of at least 4 members (excludes halogenated alkanes) is 5. The van der Waals surface area contributed by atoms with Crippen molar-refractivity contribution in [2.45, 2.75) is 52.1 Å². The average Bonchev–Trinajstić information content (AvgIpc) is 2.88. The van der Waals surface area contributed by atoms with Crippen LogP contribution < -0.4 is 9.47 Å². The Bertz CT molecular complexity index is 1060. The maximum Gasteiger partial charge on any atom is 0.343 e. The molecule has 0 aliphatic heterocycles. The lowest BCUT2D eigenvalue weighted by molar-refractivity contribution is 0.0472. The molecule has 184 valence electrons. The summed E-state index contributed by atoms with van der Waals surface area (Å²) in [6.45, 7) is 3.03. The third-order valence-electron chi connectivity index (χ3n) is 5.44. The average molecular weight is 495 g/mol. The molecule has 3 aromatic carbocycles. The topological polar surface area (TPSA) is 61.8 Å². The fourth-order valence-corrected chi connectivity index (χ4v) is 3.52. The molecule has 0 atom stereocenters. The Morgan fingerprint density at radius 1 is 0.686 bits per heavy atom. The summed E-state index contributed by atoms with van der Waals surface area (Å²) in [4.78, 5) is 24.7. The Morgan fingerprint density at radius 2 is 1.26 bits per heavy atom. The van der Waals surface area contributed by atoms with Gasteiger partial charge in [0.1, 0.15) is 18.1 Å². The van der Waals surface area contributed by atoms with Gasteiger partial charge in [-0.3, -0.25) is 0 Å². The third kappa shape index (κ3) is 9.10. The van der Waals surface area contributed by atoms with Crippen LogP contribution in [-0.2, 0) is 11.3 Å². The minimum Gasteiger partial charge on any atom is -0.494 e. The van der Waals surface area contributed by atoms with Crippen LogP contribution in [0.4, 0.5) is 0 Å². The molecule has 0 saturated heterocycles. The zero-order chi connectivity index (χ0) is 24.9. The highest BCUT2D eigenvalue weighted by atomic mass is 35.5. The van der Waals surface area contributed by atoms with Gasteiger partial charge < -0.3 is 14.2 Å². The van der Waals surface area contributed by atoms with Crippen molar-refractivity contribution in [2.24, 2.45) is 0 Å². The Hall–Kier alpha value is -3.31. The highest BCUT2D eigenvalue weighted by molar-refractivity contribution is 6.30. The summed E-state index contributed by atoms with van der Waals surface area (Å²) < 4.78 is 16.5. The Labute approximate surface area is 212 Å². The van der Waals surface area contributed by atoms with Crippen LogP contribution in [0.3, 0.4) is 0 Å². The quantitative estimate of drug-likeness (QED) is 0.139. The molecule has 0 spiro atoms. The normalized spacial score (nSPS) is 10.6. The summed E-state index contributed by atoms with van der Waals surface area (Å²) in [6, 6.07) is 20.2. The molecule has 0 aromatic heterocycles. The van der Waals surface area contributed by atoms with Gasteiger partial charge in [-0.05, 0) is 72.6 Å². The molecule has 6 heteroatoms. The van der Waals surface area contributed by atoms with Crippen LogP contribution >= 0.6 is 11.6 Å². The SMILES string of the molecule is CCCCCCCCOc1ccc(C(=O)Oc2ccc(C(=O)OCc3ccc(Cl)cc3)cc2)cc1. The maximum absolute atomic E-state index is 12.4. The summed E-state index contributed by atoms with van der Waals surface area (Å²) in [5, 5.41) is 0.623. The minimum absolute atomic E-state index is 0.144. The number of hydrogen-bond donors (Lipinski definition) is 0. The van der Waals surface area contributed by atoms with Crippen LogP contribution in [0.2, 0.25) is 5.02 Å². The molecular weight excluding hydrogens is 464 g/mol. The van der Waals surface area contributed by atoms with Crippen LogP contribution in [0.5, 0.6) is 11.5 Å². The maximum atomic E-state index is 12.4. The Kier molecular flexibility index (Phi) is 10.6. The zero-order valence-corrected chi connectivity index (χ0v) is 20.8. The predicted molar refractivity (Wildman–Crippen MR) is 137 cm³/mol. The molecule has 0 saturated carbocycles. The van der Waals surface area contributed by atoms with Gasteiger partial charge in [0.05, 0.1) is 17.7 Å². The monoisotopic (exact) mass is 494 g/mol. The van der Waals surface area contributed by atoms with E-state index in [9.17, 15) is 9.59 Å². The van der Waals surface area contributed by atoms with Crippen molar-refractivity contribution < 1.29 is 23.8 Å². The molecule has 0 fully saturated rings. The number of ether oxygens (including phenoxy) is 3. The van der Waals surface area contributed by atoms with Gasteiger partial charge in [0, 0.05) is 5.02 Å². The molecule has 0 heterocycles. The third-order valence-corrected chi connectivity index (χ3v) is 5.69. The first-order valence-corrected chi connectivity index (χ1v) is 12.4. The Balaban J connectivity index is 1.42. The van der Waals surface area contributed by atoms with Gasteiger partial charge in [-0.25, -0.2) is 9.59 Å². The number of rotatable bonds is 13. The van der Waals surface area contributed by atoms with Crippen LogP contribution in [-0.4, -0.2) is 18.5 Å². The van der Waals surface area contributed by atoms with Gasteiger partial charge in [0.15, 0.2) is 0 Å². The van der Waals surface area contributed by atoms with Gasteiger partial charge >= 0.3 is 11.9 Å². The van der Waals surface area contributed by atoms with Crippen LogP contribution in [0.25, 0.3) is 0 Å². The second-order valence-corrected chi connectivity index (χ2v) is 8.69. The zero-order valence-electron chi connectivity index (χ0n) is 20.0. The molecule has 3 aromatic rings. The molecule has 5 nitrogen and oxygen atoms in total. The lowest BCUT2D eigenvalue weighted by atomic mass is 10.1. The van der Waals surface area contributed by atoms with E-state index in [0.29, 0.717) is 28.5 Å². The van der Waals surface area contributed by atoms with Crippen molar-refractivity contribution in [3.63, 3.8) is 0 Å². The first kappa shape index (κ1) is 26.3. The molecule has 0 N–H and O–H groups in total. The number of esters is 2. The number of carbonyl (C=O) groups is 2. The van der Waals surface area contributed by atoms with E-state index in [1.807, 2.05) is 0 Å². The second kappa shape index (κ2) is 14.2. The van der Waals surface area contributed by atoms with E-state index in [1.165, 1.54) is 32.1 Å². The highest BCUT2D eigenvalue weighted by Gasteiger charge is 2.11. The van der Waals surface area contributed by atoms with Crippen molar-refractivity contribution in [3.8, 4) is 11.5 Å². The van der Waals surface area contributed by atoms with Gasteiger partial charge in [-0.15, -0.1) is 0 Å². The number of carbonyl (C=O) groups excluding carboxylic acids is 2. The smallest absolute Gasteiger partial charge is 0.343 e. The highest BCUT2D eigenvalue weighted by Crippen LogP contribution is 2.18. The molecule has 3 rings (SSSR count).